The molecule has 0 unspecified atom stereocenters. The summed E-state index contributed by atoms with van der Waals surface area (Å²) >= 11 is 0. The maximum atomic E-state index is 5.83. The fraction of sp³-hybridized carbons (Fsp3) is 1.00. The fourth-order valence-electron chi connectivity index (χ4n) is 1.09. The quantitative estimate of drug-likeness (QED) is 0.592. The van der Waals surface area contributed by atoms with Crippen molar-refractivity contribution in [3.8, 4) is 0 Å². The summed E-state index contributed by atoms with van der Waals surface area (Å²) < 4.78 is 10.7. The maximum absolute atomic E-state index is 5.83. The predicted octanol–water partition coefficient (Wildman–Crippen LogP) is 0.417. The molecule has 0 bridgehead atoms. The topological polar surface area (TPSA) is 70.5 Å². The van der Waals surface area contributed by atoms with Crippen molar-refractivity contribution in [2.45, 2.75) is 31.5 Å². The minimum absolute atomic E-state index is 0.183. The van der Waals surface area contributed by atoms with Gasteiger partial charge in [0.05, 0.1) is 0 Å². The van der Waals surface area contributed by atoms with Crippen LogP contribution >= 0.6 is 0 Å². The van der Waals surface area contributed by atoms with Crippen LogP contribution in [0.15, 0.2) is 0 Å². The van der Waals surface area contributed by atoms with E-state index in [9.17, 15) is 0 Å². The Hall–Kier alpha value is 0.0569. The Morgan fingerprint density at radius 3 is 2.15 bits per heavy atom. The summed E-state index contributed by atoms with van der Waals surface area (Å²) in [6.07, 6.45) is 1.81. The summed E-state index contributed by atoms with van der Waals surface area (Å²) in [6, 6.07) is 1.11. The molecule has 0 amide bonds. The van der Waals surface area contributed by atoms with Gasteiger partial charge in [0.1, 0.15) is 0 Å². The summed E-state index contributed by atoms with van der Waals surface area (Å²) in [6.45, 7) is 2.70. The van der Waals surface area contributed by atoms with Gasteiger partial charge in [-0.15, -0.1) is 0 Å². The summed E-state index contributed by atoms with van der Waals surface area (Å²) in [5, 5.41) is 0. The van der Waals surface area contributed by atoms with Crippen molar-refractivity contribution >= 4 is 8.56 Å². The molecule has 0 fully saturated rings. The maximum Gasteiger partial charge on any atom is 0.334 e. The molecule has 0 saturated carbocycles. The van der Waals surface area contributed by atoms with Crippen LogP contribution in [0.4, 0.5) is 0 Å². The van der Waals surface area contributed by atoms with Gasteiger partial charge in [-0.3, -0.25) is 0 Å². The molecular weight excluding hydrogens is 184 g/mol. The molecule has 1 atom stereocenters. The Kier molecular flexibility index (Phi) is 6.53. The van der Waals surface area contributed by atoms with Crippen molar-refractivity contribution in [1.82, 2.24) is 0 Å². The predicted molar refractivity (Wildman–Crippen MR) is 56.7 cm³/mol. The lowest BCUT2D eigenvalue weighted by Crippen LogP contribution is -2.38. The average molecular weight is 206 g/mol. The zero-order valence-electron chi connectivity index (χ0n) is 8.88. The Morgan fingerprint density at radius 1 is 1.23 bits per heavy atom. The highest BCUT2D eigenvalue weighted by molar-refractivity contribution is 6.65. The zero-order valence-corrected chi connectivity index (χ0v) is 9.88. The van der Waals surface area contributed by atoms with E-state index in [-0.39, 0.29) is 6.04 Å². The molecule has 80 valence electrons. The van der Waals surface area contributed by atoms with Gasteiger partial charge in [-0.05, 0) is 32.0 Å². The second-order valence-electron chi connectivity index (χ2n) is 3.42. The molecular formula is C8H22N2O2Si. The molecule has 0 aliphatic rings. The van der Waals surface area contributed by atoms with E-state index in [0.29, 0.717) is 6.54 Å². The van der Waals surface area contributed by atoms with E-state index in [2.05, 4.69) is 0 Å². The molecule has 0 rings (SSSR count). The highest BCUT2D eigenvalue weighted by Gasteiger charge is 2.28. The van der Waals surface area contributed by atoms with Gasteiger partial charge in [-0.1, -0.05) is 0 Å². The first kappa shape index (κ1) is 13.1. The molecule has 0 saturated heterocycles. The van der Waals surface area contributed by atoms with E-state index < -0.39 is 8.56 Å². The van der Waals surface area contributed by atoms with Crippen molar-refractivity contribution in [2.75, 3.05) is 20.8 Å². The Balaban J connectivity index is 3.71. The van der Waals surface area contributed by atoms with Crippen LogP contribution in [0.3, 0.4) is 0 Å². The molecule has 13 heavy (non-hydrogen) atoms. The van der Waals surface area contributed by atoms with Crippen molar-refractivity contribution in [2.24, 2.45) is 11.5 Å². The number of nitrogens with two attached hydrogens (primary N) is 2. The van der Waals surface area contributed by atoms with E-state index in [4.69, 9.17) is 20.3 Å². The highest BCUT2D eigenvalue weighted by atomic mass is 28.4. The molecule has 0 radical (unpaired) electrons. The van der Waals surface area contributed by atoms with Gasteiger partial charge in [0.2, 0.25) is 0 Å². The molecule has 0 aromatic carbocycles. The van der Waals surface area contributed by atoms with Gasteiger partial charge in [0.25, 0.3) is 0 Å². The first-order valence-electron chi connectivity index (χ1n) is 4.64. The summed E-state index contributed by atoms with van der Waals surface area (Å²) in [7, 11) is 1.49. The van der Waals surface area contributed by atoms with Gasteiger partial charge in [-0.25, -0.2) is 0 Å². The molecule has 0 heterocycles. The van der Waals surface area contributed by atoms with E-state index in [1.165, 1.54) is 0 Å². The highest BCUT2D eigenvalue weighted by Crippen LogP contribution is 2.15. The third kappa shape index (κ3) is 5.38. The van der Waals surface area contributed by atoms with Gasteiger partial charge in [0, 0.05) is 20.3 Å². The zero-order chi connectivity index (χ0) is 10.3. The van der Waals surface area contributed by atoms with Crippen LogP contribution in [-0.2, 0) is 8.85 Å². The molecule has 0 aromatic rings. The van der Waals surface area contributed by atoms with Crippen LogP contribution in [-0.4, -0.2) is 35.4 Å². The lowest BCUT2D eigenvalue weighted by molar-refractivity contribution is 0.247. The van der Waals surface area contributed by atoms with Gasteiger partial charge < -0.3 is 20.3 Å². The summed E-state index contributed by atoms with van der Waals surface area (Å²) in [4.78, 5) is 0. The average Bonchev–Trinajstić information content (AvgIpc) is 2.15. The number of hydrogen-bond acceptors (Lipinski definition) is 4. The lowest BCUT2D eigenvalue weighted by Gasteiger charge is -2.24. The molecule has 5 heteroatoms. The third-order valence-corrected chi connectivity index (χ3v) is 5.29. The second-order valence-corrected chi connectivity index (χ2v) is 7.00. The summed E-state index contributed by atoms with van der Waals surface area (Å²) in [5.74, 6) is 0. The van der Waals surface area contributed by atoms with Crippen LogP contribution in [0.1, 0.15) is 12.8 Å². The normalized spacial score (nSPS) is 14.5. The molecule has 4 nitrogen and oxygen atoms in total. The Morgan fingerprint density at radius 2 is 1.77 bits per heavy atom. The van der Waals surface area contributed by atoms with Crippen LogP contribution in [0.25, 0.3) is 0 Å². The van der Waals surface area contributed by atoms with Crippen LogP contribution in [0, 0.1) is 0 Å². The van der Waals surface area contributed by atoms with Crippen molar-refractivity contribution < 1.29 is 8.85 Å². The Labute approximate surface area is 81.8 Å². The molecule has 0 aliphatic carbocycles. The van der Waals surface area contributed by atoms with Gasteiger partial charge >= 0.3 is 8.56 Å². The van der Waals surface area contributed by atoms with E-state index in [0.717, 1.165) is 18.9 Å². The van der Waals surface area contributed by atoms with Gasteiger partial charge in [-0.2, -0.15) is 0 Å². The van der Waals surface area contributed by atoms with Crippen molar-refractivity contribution in [3.05, 3.63) is 0 Å². The SMILES string of the molecule is CO[Si](C)(CC[C@H](N)CCN)OC. The minimum Gasteiger partial charge on any atom is -0.398 e. The van der Waals surface area contributed by atoms with Gasteiger partial charge in [0.15, 0.2) is 0 Å². The van der Waals surface area contributed by atoms with Crippen LogP contribution in [0.2, 0.25) is 12.6 Å². The second kappa shape index (κ2) is 6.50. The lowest BCUT2D eigenvalue weighted by atomic mass is 10.2. The van der Waals surface area contributed by atoms with Crippen molar-refractivity contribution in [3.63, 3.8) is 0 Å². The monoisotopic (exact) mass is 206 g/mol. The summed E-state index contributed by atoms with van der Waals surface area (Å²) in [5.41, 5.74) is 11.2. The van der Waals surface area contributed by atoms with Crippen molar-refractivity contribution in [1.29, 1.82) is 0 Å². The molecule has 0 aliphatic heterocycles. The van der Waals surface area contributed by atoms with Crippen LogP contribution < -0.4 is 11.5 Å². The molecule has 0 aromatic heterocycles. The minimum atomic E-state index is -1.91. The van der Waals surface area contributed by atoms with E-state index >= 15 is 0 Å². The Bertz CT molecular complexity index is 131. The van der Waals surface area contributed by atoms with Crippen LogP contribution in [0.5, 0.6) is 0 Å². The first-order valence-corrected chi connectivity index (χ1v) is 7.16. The third-order valence-electron chi connectivity index (χ3n) is 2.37. The molecule has 4 N–H and O–H groups in total. The largest absolute Gasteiger partial charge is 0.398 e. The standard InChI is InChI=1S/C8H22N2O2Si/c1-11-13(3,12-2)7-5-8(10)4-6-9/h8H,4-7,9-10H2,1-3H3/t8-/m1/s1. The van der Waals surface area contributed by atoms with E-state index in [1.54, 1.807) is 14.2 Å². The first-order chi connectivity index (χ1) is 6.08. The van der Waals surface area contributed by atoms with E-state index in [1.807, 2.05) is 6.55 Å². The fourth-order valence-corrected chi connectivity index (χ4v) is 2.56. The number of hydrogen-bond donors (Lipinski definition) is 2. The number of rotatable bonds is 7. The smallest absolute Gasteiger partial charge is 0.334 e. The molecule has 0 spiro atoms.